The van der Waals surface area contributed by atoms with Crippen LogP contribution in [0.2, 0.25) is 0 Å². The molecule has 1 atom stereocenters. The molecular formula is C42H31O6P3. The molecule has 1 unspecified atom stereocenters. The lowest BCUT2D eigenvalue weighted by Crippen LogP contribution is -2.28. The highest BCUT2D eigenvalue weighted by Crippen LogP contribution is 2.57. The lowest BCUT2D eigenvalue weighted by molar-refractivity contribution is 0.399. The molecule has 7 aromatic rings. The molecule has 250 valence electrons. The Balaban J connectivity index is 1.34. The van der Waals surface area contributed by atoms with Gasteiger partial charge in [0, 0.05) is 21.7 Å². The summed E-state index contributed by atoms with van der Waals surface area (Å²) < 4.78 is 65.3. The molecule has 51 heavy (non-hydrogen) atoms. The lowest BCUT2D eigenvalue weighted by Gasteiger charge is -2.30. The van der Waals surface area contributed by atoms with Crippen LogP contribution in [-0.4, -0.2) is 0 Å². The highest BCUT2D eigenvalue weighted by atomic mass is 31.2. The highest BCUT2D eigenvalue weighted by molar-refractivity contribution is 7.85. The fourth-order valence-electron chi connectivity index (χ4n) is 6.32. The molecule has 0 aromatic heterocycles. The maximum atomic E-state index is 16.0. The molecule has 0 aliphatic carbocycles. The smallest absolute Gasteiger partial charge is 0.437 e. The molecule has 0 saturated carbocycles. The van der Waals surface area contributed by atoms with Crippen LogP contribution in [0, 0.1) is 0 Å². The minimum absolute atomic E-state index is 0.0881. The van der Waals surface area contributed by atoms with Gasteiger partial charge in [-0.25, -0.2) is 4.57 Å². The fourth-order valence-corrected chi connectivity index (χ4v) is 13.0. The number of fused-ring (bicyclic) bond motifs is 3. The van der Waals surface area contributed by atoms with Crippen LogP contribution in [0.4, 0.5) is 0 Å². The van der Waals surface area contributed by atoms with Crippen LogP contribution < -0.4 is 45.4 Å². The van der Waals surface area contributed by atoms with Crippen molar-refractivity contribution in [1.82, 2.24) is 0 Å². The van der Waals surface area contributed by atoms with E-state index >= 15 is 13.7 Å². The molecule has 0 radical (unpaired) electrons. The molecule has 0 amide bonds. The van der Waals surface area contributed by atoms with Gasteiger partial charge in [0.15, 0.2) is 7.14 Å². The van der Waals surface area contributed by atoms with E-state index in [4.69, 9.17) is 13.6 Å². The van der Waals surface area contributed by atoms with E-state index in [-0.39, 0.29) is 16.8 Å². The monoisotopic (exact) mass is 724 g/mol. The van der Waals surface area contributed by atoms with Gasteiger partial charge in [-0.3, -0.25) is 4.57 Å². The Hall–Kier alpha value is -5.37. The average Bonchev–Trinajstić information content (AvgIpc) is 3.19. The number of para-hydroxylation sites is 1. The van der Waals surface area contributed by atoms with Gasteiger partial charge in [0.25, 0.3) is 0 Å². The van der Waals surface area contributed by atoms with Gasteiger partial charge >= 0.3 is 15.0 Å². The summed E-state index contributed by atoms with van der Waals surface area (Å²) in [5.41, 5.74) is 1.52. The van der Waals surface area contributed by atoms with Crippen molar-refractivity contribution in [2.75, 3.05) is 0 Å². The molecule has 0 spiro atoms. The van der Waals surface area contributed by atoms with E-state index in [1.807, 2.05) is 103 Å². The van der Waals surface area contributed by atoms with Crippen LogP contribution in [0.5, 0.6) is 17.2 Å². The van der Waals surface area contributed by atoms with Crippen molar-refractivity contribution in [3.05, 3.63) is 188 Å². The van der Waals surface area contributed by atoms with Gasteiger partial charge < -0.3 is 18.1 Å². The number of hydrogen-bond acceptors (Lipinski definition) is 6. The van der Waals surface area contributed by atoms with Gasteiger partial charge in [-0.15, -0.1) is 0 Å². The minimum atomic E-state index is -4.11. The van der Waals surface area contributed by atoms with Gasteiger partial charge in [0.1, 0.15) is 17.2 Å². The molecular weight excluding hydrogens is 693 g/mol. The third-order valence-corrected chi connectivity index (χ3v) is 16.1. The lowest BCUT2D eigenvalue weighted by atomic mass is 10.0. The first-order valence-electron chi connectivity index (χ1n) is 16.3. The van der Waals surface area contributed by atoms with Gasteiger partial charge in [0.2, 0.25) is 0 Å². The number of rotatable bonds is 9. The van der Waals surface area contributed by atoms with Crippen molar-refractivity contribution in [3.8, 4) is 28.4 Å². The van der Waals surface area contributed by atoms with E-state index in [1.165, 1.54) is 0 Å². The second-order valence-corrected chi connectivity index (χ2v) is 18.8. The summed E-state index contributed by atoms with van der Waals surface area (Å²) in [7, 11) is -11.6. The van der Waals surface area contributed by atoms with Crippen molar-refractivity contribution < 1.29 is 27.3 Å². The summed E-state index contributed by atoms with van der Waals surface area (Å²) in [6.07, 6.45) is 0. The van der Waals surface area contributed by atoms with Crippen molar-refractivity contribution in [1.29, 1.82) is 0 Å². The Morgan fingerprint density at radius 3 is 1.53 bits per heavy atom. The Bertz CT molecular complexity index is 2400. The third kappa shape index (κ3) is 5.96. The quantitative estimate of drug-likeness (QED) is 0.139. The fraction of sp³-hybridized carbons (Fsp3) is 0. The first kappa shape index (κ1) is 32.8. The van der Waals surface area contributed by atoms with Crippen LogP contribution in [0.25, 0.3) is 11.1 Å². The Labute approximate surface area is 296 Å². The van der Waals surface area contributed by atoms with Crippen molar-refractivity contribution in [2.24, 2.45) is 0 Å². The predicted octanol–water partition coefficient (Wildman–Crippen LogP) is 8.59. The van der Waals surface area contributed by atoms with Gasteiger partial charge in [-0.05, 0) is 54.6 Å². The topological polar surface area (TPSA) is 78.9 Å². The maximum Gasteiger partial charge on any atom is 0.463 e. The van der Waals surface area contributed by atoms with Crippen LogP contribution in [0.15, 0.2) is 188 Å². The number of benzene rings is 7. The summed E-state index contributed by atoms with van der Waals surface area (Å²) in [6, 6.07) is 55.7. The molecule has 0 saturated heterocycles. The predicted molar refractivity (Wildman–Crippen MR) is 207 cm³/mol. The minimum Gasteiger partial charge on any atom is -0.437 e. The molecule has 0 fully saturated rings. The van der Waals surface area contributed by atoms with Gasteiger partial charge in [-0.2, -0.15) is 0 Å². The average molecular weight is 725 g/mol. The summed E-state index contributed by atoms with van der Waals surface area (Å²) in [5, 5.41) is 2.68. The van der Waals surface area contributed by atoms with Crippen molar-refractivity contribution in [2.45, 2.75) is 0 Å². The van der Waals surface area contributed by atoms with E-state index in [9.17, 15) is 0 Å². The van der Waals surface area contributed by atoms with E-state index in [2.05, 4.69) is 0 Å². The summed E-state index contributed by atoms with van der Waals surface area (Å²) in [6.45, 7) is 0. The first-order valence-corrected chi connectivity index (χ1v) is 21.2. The standard InChI is InChI=1S/C42H31O6P3/c43-49(33-17-5-1-6-18-33,34-19-7-2-8-20-34)42-31-32(46-50(44,35-21-9-3-10-22-35)36-23-11-4-12-24-36)29-30-40(42)48-51(45)41-28-16-14-26-38(41)37-25-13-15-27-39(37)47-51/h1-31H. The first-order chi connectivity index (χ1) is 24.9. The van der Waals surface area contributed by atoms with E-state index in [0.717, 1.165) is 11.1 Å². The largest absolute Gasteiger partial charge is 0.463 e. The molecule has 1 aliphatic rings. The maximum absolute atomic E-state index is 16.0. The zero-order valence-corrected chi connectivity index (χ0v) is 29.9. The Kier molecular flexibility index (Phi) is 8.62. The summed E-state index contributed by atoms with van der Waals surface area (Å²) in [5.74, 6) is 0.709. The van der Waals surface area contributed by atoms with E-state index in [0.29, 0.717) is 32.3 Å². The van der Waals surface area contributed by atoms with Crippen LogP contribution in [0.3, 0.4) is 0 Å². The SMILES string of the molecule is O=P1(Oc2ccc(OP(=O)(c3ccccc3)c3ccccc3)cc2P(=O)(c2ccccc2)c2ccccc2)Oc2ccccc2-c2ccccc21. The second-order valence-electron chi connectivity index (χ2n) is 11.9. The van der Waals surface area contributed by atoms with E-state index in [1.54, 1.807) is 84.9 Å². The highest BCUT2D eigenvalue weighted by Gasteiger charge is 2.42. The zero-order chi connectivity index (χ0) is 34.9. The van der Waals surface area contributed by atoms with Crippen LogP contribution >= 0.6 is 22.1 Å². The van der Waals surface area contributed by atoms with Gasteiger partial charge in [-0.1, -0.05) is 133 Å². The second kappa shape index (κ2) is 13.4. The van der Waals surface area contributed by atoms with Crippen molar-refractivity contribution >= 4 is 53.9 Å². The van der Waals surface area contributed by atoms with Crippen molar-refractivity contribution in [3.63, 3.8) is 0 Å². The molecule has 0 bridgehead atoms. The van der Waals surface area contributed by atoms with E-state index < -0.39 is 22.1 Å². The summed E-state index contributed by atoms with van der Waals surface area (Å²) >= 11 is 0. The molecule has 8 rings (SSSR count). The molecule has 7 aromatic carbocycles. The molecule has 1 heterocycles. The molecule has 1 aliphatic heterocycles. The molecule has 9 heteroatoms. The van der Waals surface area contributed by atoms with Crippen LogP contribution in [-0.2, 0) is 13.7 Å². The summed E-state index contributed by atoms with van der Waals surface area (Å²) in [4.78, 5) is 0. The third-order valence-electron chi connectivity index (χ3n) is 8.75. The van der Waals surface area contributed by atoms with Crippen LogP contribution in [0.1, 0.15) is 0 Å². The Morgan fingerprint density at radius 1 is 0.490 bits per heavy atom. The Morgan fingerprint density at radius 2 is 0.961 bits per heavy atom. The normalized spacial score (nSPS) is 15.1. The molecule has 6 nitrogen and oxygen atoms in total. The van der Waals surface area contributed by atoms with Gasteiger partial charge in [0.05, 0.1) is 21.2 Å². The number of hydrogen-bond donors (Lipinski definition) is 0. The zero-order valence-electron chi connectivity index (χ0n) is 27.2. The molecule has 0 N–H and O–H groups in total.